The number of rotatable bonds is 6. The number of nitrogens with zero attached hydrogens (tertiary/aromatic N) is 7. The van der Waals surface area contributed by atoms with Crippen LogP contribution in [0.5, 0.6) is 0 Å². The Labute approximate surface area is 191 Å². The molecule has 4 aromatic rings. The summed E-state index contributed by atoms with van der Waals surface area (Å²) in [5.41, 5.74) is 0.0848. The average molecular weight is 475 g/mol. The van der Waals surface area contributed by atoms with Gasteiger partial charge in [0.15, 0.2) is 11.5 Å². The summed E-state index contributed by atoms with van der Waals surface area (Å²) in [4.78, 5) is 21.5. The molecule has 0 bridgehead atoms. The van der Waals surface area contributed by atoms with E-state index >= 15 is 0 Å². The van der Waals surface area contributed by atoms with E-state index in [9.17, 15) is 18.0 Å². The Morgan fingerprint density at radius 1 is 1.06 bits per heavy atom. The highest BCUT2D eigenvalue weighted by molar-refractivity contribution is 6.00. The molecule has 0 aliphatic rings. The Balaban J connectivity index is 1.64. The third-order valence-corrected chi connectivity index (χ3v) is 4.87. The third-order valence-electron chi connectivity index (χ3n) is 4.87. The molecule has 0 radical (unpaired) electrons. The number of fused-ring (bicyclic) bond motifs is 1. The summed E-state index contributed by atoms with van der Waals surface area (Å²) < 4.78 is 48.0. The molecule has 34 heavy (non-hydrogen) atoms. The first-order valence-corrected chi connectivity index (χ1v) is 10.1. The zero-order valence-electron chi connectivity index (χ0n) is 18.3. The van der Waals surface area contributed by atoms with Crippen LogP contribution in [0.15, 0.2) is 43.1 Å². The molecule has 0 aliphatic heterocycles. The van der Waals surface area contributed by atoms with Gasteiger partial charge in [-0.2, -0.15) is 28.5 Å². The highest BCUT2D eigenvalue weighted by atomic mass is 19.4. The normalized spacial score (nSPS) is 12.8. The lowest BCUT2D eigenvalue weighted by atomic mass is 10.0. The van der Waals surface area contributed by atoms with Crippen LogP contribution in [0.25, 0.3) is 11.5 Å². The fourth-order valence-corrected chi connectivity index (χ4v) is 3.46. The molecule has 4 aromatic heterocycles. The molecule has 14 heteroatoms. The summed E-state index contributed by atoms with van der Waals surface area (Å²) in [6.07, 6.45) is 1.34. The lowest BCUT2D eigenvalue weighted by Gasteiger charge is -2.23. The molecular weight excluding hydrogens is 455 g/mol. The first-order valence-electron chi connectivity index (χ1n) is 10.1. The minimum absolute atomic E-state index is 0.0189. The molecule has 1 unspecified atom stereocenters. The van der Waals surface area contributed by atoms with Crippen molar-refractivity contribution in [2.24, 2.45) is 5.92 Å². The topological polar surface area (TPSA) is 124 Å². The summed E-state index contributed by atoms with van der Waals surface area (Å²) in [6, 6.07) is 1.65. The van der Waals surface area contributed by atoms with Crippen LogP contribution in [0.2, 0.25) is 0 Å². The Morgan fingerprint density at radius 2 is 1.79 bits per heavy atom. The average Bonchev–Trinajstić information content (AvgIpc) is 3.46. The smallest absolute Gasteiger partial charge is 0.375 e. The maximum Gasteiger partial charge on any atom is 0.420 e. The van der Waals surface area contributed by atoms with Crippen molar-refractivity contribution in [2.75, 3.05) is 17.7 Å². The van der Waals surface area contributed by atoms with E-state index < -0.39 is 29.7 Å². The van der Waals surface area contributed by atoms with Gasteiger partial charge in [-0.05, 0) is 12.0 Å². The highest BCUT2D eigenvalue weighted by Crippen LogP contribution is 2.34. The molecule has 4 heterocycles. The predicted molar refractivity (Wildman–Crippen MR) is 114 cm³/mol. The van der Waals surface area contributed by atoms with Crippen molar-refractivity contribution >= 4 is 23.1 Å². The second-order valence-electron chi connectivity index (χ2n) is 7.55. The standard InChI is InChI=1S/C20H20F3N9O2/c1-11(2)17(34-3)16-14(10-24-15-4-5-26-31(15)16)30-19(33)29-12-8-13(20(21,22)23)18(25-9-12)32-27-6-7-28-32/h4-11,17H,1-3H3,(H2,29,30,33). The number of alkyl halides is 3. The van der Waals surface area contributed by atoms with E-state index in [2.05, 4.69) is 35.9 Å². The molecule has 0 fully saturated rings. The van der Waals surface area contributed by atoms with Crippen molar-refractivity contribution in [3.05, 3.63) is 54.4 Å². The number of carbonyl (C=O) groups is 1. The molecule has 0 saturated heterocycles. The molecule has 11 nitrogen and oxygen atoms in total. The molecule has 0 aliphatic carbocycles. The van der Waals surface area contributed by atoms with E-state index in [0.29, 0.717) is 11.3 Å². The summed E-state index contributed by atoms with van der Waals surface area (Å²) in [5.74, 6) is -0.496. The SMILES string of the molecule is COC(c1c(NC(=O)Nc2cnc(-n3nccn3)c(C(F)(F)F)c2)cnc2ccnn12)C(C)C. The van der Waals surface area contributed by atoms with E-state index in [1.54, 1.807) is 16.8 Å². The number of aromatic nitrogens is 7. The van der Waals surface area contributed by atoms with Gasteiger partial charge in [-0.3, -0.25) is 0 Å². The fourth-order valence-electron chi connectivity index (χ4n) is 3.46. The number of anilines is 2. The van der Waals surface area contributed by atoms with Gasteiger partial charge in [-0.15, -0.1) is 4.80 Å². The van der Waals surface area contributed by atoms with Gasteiger partial charge in [0.05, 0.1) is 48.1 Å². The van der Waals surface area contributed by atoms with Crippen molar-refractivity contribution in [3.8, 4) is 5.82 Å². The molecule has 0 saturated carbocycles. The van der Waals surface area contributed by atoms with Crippen molar-refractivity contribution in [1.82, 2.24) is 34.6 Å². The fraction of sp³-hybridized carbons (Fsp3) is 0.300. The zero-order chi connectivity index (χ0) is 24.5. The van der Waals surface area contributed by atoms with Crippen LogP contribution in [-0.4, -0.2) is 47.7 Å². The predicted octanol–water partition coefficient (Wildman–Crippen LogP) is 3.71. The van der Waals surface area contributed by atoms with Crippen LogP contribution in [0.3, 0.4) is 0 Å². The first-order chi connectivity index (χ1) is 16.2. The Kier molecular flexibility index (Phi) is 6.15. The second-order valence-corrected chi connectivity index (χ2v) is 7.55. The minimum atomic E-state index is -4.75. The zero-order valence-corrected chi connectivity index (χ0v) is 18.3. The second kappa shape index (κ2) is 9.05. The van der Waals surface area contributed by atoms with E-state index in [1.807, 2.05) is 13.8 Å². The quantitative estimate of drug-likeness (QED) is 0.436. The number of nitrogens with one attached hydrogen (secondary N) is 2. The van der Waals surface area contributed by atoms with Crippen molar-refractivity contribution < 1.29 is 22.7 Å². The Morgan fingerprint density at radius 3 is 2.44 bits per heavy atom. The van der Waals surface area contributed by atoms with Gasteiger partial charge in [0.25, 0.3) is 0 Å². The van der Waals surface area contributed by atoms with E-state index in [4.69, 9.17) is 4.74 Å². The monoisotopic (exact) mass is 475 g/mol. The Hall–Kier alpha value is -4.07. The summed E-state index contributed by atoms with van der Waals surface area (Å²) >= 11 is 0. The molecule has 0 aromatic carbocycles. The number of urea groups is 1. The van der Waals surface area contributed by atoms with Gasteiger partial charge >= 0.3 is 12.2 Å². The largest absolute Gasteiger partial charge is 0.420 e. The van der Waals surface area contributed by atoms with Gasteiger partial charge < -0.3 is 15.4 Å². The minimum Gasteiger partial charge on any atom is -0.375 e. The van der Waals surface area contributed by atoms with Crippen molar-refractivity contribution in [3.63, 3.8) is 0 Å². The lowest BCUT2D eigenvalue weighted by molar-refractivity contribution is -0.137. The van der Waals surface area contributed by atoms with Crippen molar-refractivity contribution in [2.45, 2.75) is 26.1 Å². The summed E-state index contributed by atoms with van der Waals surface area (Å²) in [7, 11) is 1.53. The molecule has 178 valence electrons. The van der Waals surface area contributed by atoms with Crippen LogP contribution in [0.4, 0.5) is 29.3 Å². The summed E-state index contributed by atoms with van der Waals surface area (Å²) in [5, 5.41) is 16.6. The number of halogens is 3. The molecule has 4 rings (SSSR count). The van der Waals surface area contributed by atoms with Crippen LogP contribution >= 0.6 is 0 Å². The van der Waals surface area contributed by atoms with Gasteiger partial charge in [0.2, 0.25) is 0 Å². The number of amides is 2. The Bertz CT molecular complexity index is 1300. The molecular formula is C20H20F3N9O2. The van der Waals surface area contributed by atoms with E-state index in [-0.39, 0.29) is 17.3 Å². The number of carbonyl (C=O) groups excluding carboxylic acids is 1. The molecule has 2 amide bonds. The number of hydrogen-bond acceptors (Lipinski definition) is 7. The van der Waals surface area contributed by atoms with Crippen LogP contribution in [-0.2, 0) is 10.9 Å². The van der Waals surface area contributed by atoms with Crippen LogP contribution in [0, 0.1) is 5.92 Å². The maximum atomic E-state index is 13.6. The van der Waals surface area contributed by atoms with Crippen LogP contribution in [0.1, 0.15) is 31.2 Å². The van der Waals surface area contributed by atoms with E-state index in [0.717, 1.165) is 17.1 Å². The highest BCUT2D eigenvalue weighted by Gasteiger charge is 2.36. The maximum absolute atomic E-state index is 13.6. The number of ether oxygens (including phenoxy) is 1. The number of methoxy groups -OCH3 is 1. The molecule has 0 spiro atoms. The first kappa shape index (κ1) is 23.1. The number of hydrogen-bond donors (Lipinski definition) is 2. The third kappa shape index (κ3) is 4.52. The molecule has 1 atom stereocenters. The number of pyridine rings is 1. The van der Waals surface area contributed by atoms with Gasteiger partial charge in [0, 0.05) is 13.2 Å². The summed E-state index contributed by atoms with van der Waals surface area (Å²) in [6.45, 7) is 3.88. The van der Waals surface area contributed by atoms with Crippen molar-refractivity contribution in [1.29, 1.82) is 0 Å². The molecule has 2 N–H and O–H groups in total. The van der Waals surface area contributed by atoms with Crippen LogP contribution < -0.4 is 10.6 Å². The van der Waals surface area contributed by atoms with Gasteiger partial charge in [0.1, 0.15) is 11.7 Å². The lowest BCUT2D eigenvalue weighted by Crippen LogP contribution is -2.24. The van der Waals surface area contributed by atoms with Gasteiger partial charge in [-0.1, -0.05) is 13.8 Å². The van der Waals surface area contributed by atoms with Gasteiger partial charge in [-0.25, -0.2) is 19.3 Å². The van der Waals surface area contributed by atoms with E-state index in [1.165, 1.54) is 25.7 Å².